The van der Waals surface area contributed by atoms with Crippen LogP contribution >= 0.6 is 11.8 Å². The Kier molecular flexibility index (Phi) is 7.33. The Morgan fingerprint density at radius 1 is 0.574 bits per heavy atom. The number of nitriles is 1. The van der Waals surface area contributed by atoms with Crippen molar-refractivity contribution in [2.24, 2.45) is 0 Å². The lowest BCUT2D eigenvalue weighted by atomic mass is 10.0. The molecule has 5 heteroatoms. The van der Waals surface area contributed by atoms with Gasteiger partial charge in [-0.3, -0.25) is 0 Å². The number of aromatic nitrogens is 3. The summed E-state index contributed by atoms with van der Waals surface area (Å²) in [5, 5.41) is 11.8. The van der Waals surface area contributed by atoms with Crippen LogP contribution in [0.2, 0.25) is 0 Å². The Labute approximate surface area is 277 Å². The Hall–Kier alpha value is -5.96. The number of benzene rings is 6. The molecule has 0 unspecified atom stereocenters. The van der Waals surface area contributed by atoms with Crippen LogP contribution in [0.25, 0.3) is 61.3 Å². The summed E-state index contributed by atoms with van der Waals surface area (Å²) in [5.41, 5.74) is 9.98. The number of hydrogen-bond donors (Lipinski definition) is 0. The molecule has 0 aliphatic carbocycles. The molecule has 0 saturated heterocycles. The third-order valence-electron chi connectivity index (χ3n) is 8.41. The fraction of sp³-hybridized carbons (Fsp3) is 0.0238. The molecule has 0 N–H and O–H groups in total. The van der Waals surface area contributed by atoms with Gasteiger partial charge in [-0.1, -0.05) is 109 Å². The van der Waals surface area contributed by atoms with Crippen molar-refractivity contribution in [2.75, 3.05) is 0 Å². The molecule has 0 amide bonds. The topological polar surface area (TPSA) is 54.5 Å². The van der Waals surface area contributed by atoms with E-state index < -0.39 is 0 Å². The van der Waals surface area contributed by atoms with Crippen molar-refractivity contribution < 1.29 is 0 Å². The van der Waals surface area contributed by atoms with Crippen molar-refractivity contribution in [1.29, 1.82) is 5.26 Å². The zero-order valence-corrected chi connectivity index (χ0v) is 26.4. The van der Waals surface area contributed by atoms with E-state index in [-0.39, 0.29) is 0 Å². The van der Waals surface area contributed by atoms with E-state index in [4.69, 9.17) is 9.97 Å². The van der Waals surface area contributed by atoms with Crippen LogP contribution in [0.4, 0.5) is 0 Å². The predicted molar refractivity (Wildman–Crippen MR) is 193 cm³/mol. The average molecular weight is 621 g/mol. The Balaban J connectivity index is 1.22. The number of fused-ring (bicyclic) bond motifs is 3. The molecule has 0 fully saturated rings. The monoisotopic (exact) mass is 620 g/mol. The molecule has 2 heterocycles. The van der Waals surface area contributed by atoms with Gasteiger partial charge in [0.25, 0.3) is 0 Å². The van der Waals surface area contributed by atoms with E-state index >= 15 is 0 Å². The van der Waals surface area contributed by atoms with Crippen LogP contribution in [0.5, 0.6) is 0 Å². The summed E-state index contributed by atoms with van der Waals surface area (Å²) in [4.78, 5) is 12.4. The molecule has 0 spiro atoms. The van der Waals surface area contributed by atoms with Gasteiger partial charge in [0.15, 0.2) is 5.82 Å². The van der Waals surface area contributed by atoms with Gasteiger partial charge < -0.3 is 4.57 Å². The molecule has 0 radical (unpaired) electrons. The molecule has 8 aromatic rings. The fourth-order valence-corrected chi connectivity index (χ4v) is 7.18. The minimum absolute atomic E-state index is 0.658. The molecule has 2 aromatic heterocycles. The van der Waals surface area contributed by atoms with E-state index in [9.17, 15) is 5.26 Å². The van der Waals surface area contributed by atoms with Crippen molar-refractivity contribution in [3.05, 3.63) is 163 Å². The maximum Gasteiger partial charge on any atom is 0.160 e. The third-order valence-corrected chi connectivity index (χ3v) is 9.61. The summed E-state index contributed by atoms with van der Waals surface area (Å²) < 4.78 is 2.28. The highest BCUT2D eigenvalue weighted by Gasteiger charge is 2.17. The lowest BCUT2D eigenvalue weighted by molar-refractivity contribution is 1.04. The van der Waals surface area contributed by atoms with Crippen LogP contribution in [0.3, 0.4) is 0 Å². The predicted octanol–water partition coefficient (Wildman–Crippen LogP) is 10.9. The van der Waals surface area contributed by atoms with Gasteiger partial charge in [-0.15, -0.1) is 0 Å². The molecular weight excluding hydrogens is 593 g/mol. The maximum absolute atomic E-state index is 9.56. The number of para-hydroxylation sites is 1. The first kappa shape index (κ1) is 28.5. The normalized spacial score (nSPS) is 11.1. The van der Waals surface area contributed by atoms with E-state index in [2.05, 4.69) is 133 Å². The van der Waals surface area contributed by atoms with Crippen LogP contribution in [0, 0.1) is 18.3 Å². The van der Waals surface area contributed by atoms with Gasteiger partial charge in [0.1, 0.15) is 0 Å². The van der Waals surface area contributed by atoms with Crippen LogP contribution in [0.1, 0.15) is 11.3 Å². The molecular formula is C42H28N4S. The van der Waals surface area contributed by atoms with E-state index in [0.29, 0.717) is 11.4 Å². The van der Waals surface area contributed by atoms with Gasteiger partial charge in [-0.25, -0.2) is 9.97 Å². The van der Waals surface area contributed by atoms with Gasteiger partial charge >= 0.3 is 0 Å². The lowest BCUT2D eigenvalue weighted by Crippen LogP contribution is -1.99. The molecule has 0 saturated carbocycles. The molecule has 4 nitrogen and oxygen atoms in total. The Morgan fingerprint density at radius 2 is 1.23 bits per heavy atom. The molecule has 0 aliphatic heterocycles. The molecule has 0 bridgehead atoms. The van der Waals surface area contributed by atoms with Crippen molar-refractivity contribution in [2.45, 2.75) is 16.7 Å². The summed E-state index contributed by atoms with van der Waals surface area (Å²) >= 11 is 1.70. The number of hydrogen-bond acceptors (Lipinski definition) is 4. The van der Waals surface area contributed by atoms with Gasteiger partial charge in [-0.2, -0.15) is 5.26 Å². The second kappa shape index (κ2) is 12.1. The minimum atomic E-state index is 0.658. The summed E-state index contributed by atoms with van der Waals surface area (Å²) in [6.07, 6.45) is 0. The van der Waals surface area contributed by atoms with Crippen LogP contribution in [-0.4, -0.2) is 14.5 Å². The first-order valence-corrected chi connectivity index (χ1v) is 16.3. The summed E-state index contributed by atoms with van der Waals surface area (Å²) in [5.74, 6) is 0.701. The van der Waals surface area contributed by atoms with Gasteiger partial charge in [0.05, 0.1) is 38.9 Å². The molecule has 0 atom stereocenters. The van der Waals surface area contributed by atoms with Crippen molar-refractivity contribution >= 4 is 33.6 Å². The quantitative estimate of drug-likeness (QED) is 0.186. The number of aryl methyl sites for hydroxylation is 1. The zero-order chi connectivity index (χ0) is 31.7. The highest BCUT2D eigenvalue weighted by Crippen LogP contribution is 2.39. The molecule has 47 heavy (non-hydrogen) atoms. The summed E-state index contributed by atoms with van der Waals surface area (Å²) in [6.45, 7) is 2.07. The number of nitrogens with zero attached hydrogens (tertiary/aromatic N) is 4. The highest BCUT2D eigenvalue weighted by atomic mass is 32.2. The SMILES string of the molecule is Cc1nc(-c2cccc(-c3cccc(-n4c5ccccc5c5cc(C#N)ccc54)c3)c2)nc(-c2ccccc2)c1Sc1ccccc1. The largest absolute Gasteiger partial charge is 0.309 e. The van der Waals surface area contributed by atoms with Crippen LogP contribution in [-0.2, 0) is 0 Å². The maximum atomic E-state index is 9.56. The van der Waals surface area contributed by atoms with Crippen LogP contribution in [0.15, 0.2) is 161 Å². The Morgan fingerprint density at radius 3 is 2.04 bits per heavy atom. The lowest BCUT2D eigenvalue weighted by Gasteiger charge is -2.14. The first-order valence-electron chi connectivity index (χ1n) is 15.5. The summed E-state index contributed by atoms with van der Waals surface area (Å²) in [6, 6.07) is 54.4. The first-order chi connectivity index (χ1) is 23.2. The van der Waals surface area contributed by atoms with Crippen LogP contribution < -0.4 is 0 Å². The van der Waals surface area contributed by atoms with E-state index in [1.54, 1.807) is 11.8 Å². The molecule has 6 aromatic carbocycles. The molecule has 0 aliphatic rings. The van der Waals surface area contributed by atoms with E-state index in [1.807, 2.05) is 36.4 Å². The Bertz CT molecular complexity index is 2460. The zero-order valence-electron chi connectivity index (χ0n) is 25.6. The van der Waals surface area contributed by atoms with Gasteiger partial charge in [0.2, 0.25) is 0 Å². The second-order valence-corrected chi connectivity index (χ2v) is 12.5. The van der Waals surface area contributed by atoms with E-state index in [0.717, 1.165) is 70.9 Å². The van der Waals surface area contributed by atoms with Crippen molar-refractivity contribution in [3.8, 4) is 45.5 Å². The fourth-order valence-electron chi connectivity index (χ4n) is 6.20. The van der Waals surface area contributed by atoms with Gasteiger partial charge in [0, 0.05) is 32.5 Å². The molecule has 222 valence electrons. The second-order valence-electron chi connectivity index (χ2n) is 11.4. The minimum Gasteiger partial charge on any atom is -0.309 e. The van der Waals surface area contributed by atoms with E-state index in [1.165, 1.54) is 0 Å². The summed E-state index contributed by atoms with van der Waals surface area (Å²) in [7, 11) is 0. The number of rotatable bonds is 6. The average Bonchev–Trinajstić information content (AvgIpc) is 3.47. The smallest absolute Gasteiger partial charge is 0.160 e. The van der Waals surface area contributed by atoms with Crippen molar-refractivity contribution in [3.63, 3.8) is 0 Å². The third kappa shape index (κ3) is 5.35. The highest BCUT2D eigenvalue weighted by molar-refractivity contribution is 7.99. The standard InChI is InChI=1S/C42H28N4S/c1-28-41(47-35-18-6-3-7-19-35)40(30-12-4-2-5-13-30)45-42(44-28)33-16-10-14-31(25-33)32-15-11-17-34(26-32)46-38-21-9-8-20-36(38)37-24-29(27-43)22-23-39(37)46/h2-26H,1H3. The van der Waals surface area contributed by atoms with Gasteiger partial charge in [-0.05, 0) is 72.6 Å². The van der Waals surface area contributed by atoms with Crippen molar-refractivity contribution in [1.82, 2.24) is 14.5 Å². The molecule has 8 rings (SSSR count).